The number of amides is 1. The fourth-order valence-electron chi connectivity index (χ4n) is 1.79. The van der Waals surface area contributed by atoms with E-state index in [1.165, 1.54) is 12.1 Å². The second kappa shape index (κ2) is 6.58. The SMILES string of the molecule is C[C@H]1OCCN[C@@H]1C(=O)Nc1ccc(O)cc1.Cl. The third kappa shape index (κ3) is 3.60. The minimum absolute atomic E-state index is 0. The Labute approximate surface area is 112 Å². The number of hydrogen-bond donors (Lipinski definition) is 3. The van der Waals surface area contributed by atoms with Crippen molar-refractivity contribution >= 4 is 24.0 Å². The second-order valence-corrected chi connectivity index (χ2v) is 4.04. The van der Waals surface area contributed by atoms with Gasteiger partial charge in [0.15, 0.2) is 0 Å². The van der Waals surface area contributed by atoms with E-state index >= 15 is 0 Å². The van der Waals surface area contributed by atoms with Gasteiger partial charge < -0.3 is 20.5 Å². The van der Waals surface area contributed by atoms with Gasteiger partial charge in [0.2, 0.25) is 5.91 Å². The number of ether oxygens (including phenoxy) is 1. The molecule has 18 heavy (non-hydrogen) atoms. The molecule has 0 aliphatic carbocycles. The van der Waals surface area contributed by atoms with E-state index in [-0.39, 0.29) is 36.2 Å². The lowest BCUT2D eigenvalue weighted by Crippen LogP contribution is -2.53. The zero-order valence-corrected chi connectivity index (χ0v) is 10.9. The molecular weight excluding hydrogens is 256 g/mol. The summed E-state index contributed by atoms with van der Waals surface area (Å²) in [5.74, 6) is 0.0541. The molecule has 2 rings (SSSR count). The first kappa shape index (κ1) is 14.8. The van der Waals surface area contributed by atoms with E-state index in [0.29, 0.717) is 18.8 Å². The molecule has 1 aliphatic heterocycles. The van der Waals surface area contributed by atoms with E-state index in [9.17, 15) is 4.79 Å². The van der Waals surface area contributed by atoms with Crippen molar-refractivity contribution in [1.29, 1.82) is 0 Å². The maximum atomic E-state index is 11.9. The van der Waals surface area contributed by atoms with Crippen LogP contribution >= 0.6 is 12.4 Å². The fourth-order valence-corrected chi connectivity index (χ4v) is 1.79. The number of aromatic hydroxyl groups is 1. The first-order chi connectivity index (χ1) is 8.16. The molecule has 0 unspecified atom stereocenters. The minimum atomic E-state index is -0.336. The van der Waals surface area contributed by atoms with Crippen LogP contribution < -0.4 is 10.6 Å². The monoisotopic (exact) mass is 272 g/mol. The van der Waals surface area contributed by atoms with Crippen LogP contribution in [0, 0.1) is 0 Å². The molecule has 0 bridgehead atoms. The minimum Gasteiger partial charge on any atom is -0.508 e. The smallest absolute Gasteiger partial charge is 0.244 e. The summed E-state index contributed by atoms with van der Waals surface area (Å²) >= 11 is 0. The van der Waals surface area contributed by atoms with Crippen LogP contribution in [0.3, 0.4) is 0 Å². The van der Waals surface area contributed by atoms with Crippen LogP contribution in [0.1, 0.15) is 6.92 Å². The Balaban J connectivity index is 0.00000162. The number of carbonyl (C=O) groups excluding carboxylic acids is 1. The van der Waals surface area contributed by atoms with Gasteiger partial charge in [0.1, 0.15) is 11.8 Å². The van der Waals surface area contributed by atoms with Gasteiger partial charge in [-0.2, -0.15) is 0 Å². The van der Waals surface area contributed by atoms with Crippen molar-refractivity contribution in [1.82, 2.24) is 5.32 Å². The highest BCUT2D eigenvalue weighted by molar-refractivity contribution is 5.95. The standard InChI is InChI=1S/C12H16N2O3.ClH/c1-8-11(13-6-7-17-8)12(16)14-9-2-4-10(15)5-3-9;/h2-5,8,11,13,15H,6-7H2,1H3,(H,14,16);1H/t8-,11+;/m1./s1. The highest BCUT2D eigenvalue weighted by Crippen LogP contribution is 2.15. The van der Waals surface area contributed by atoms with Crippen molar-refractivity contribution in [2.75, 3.05) is 18.5 Å². The summed E-state index contributed by atoms with van der Waals surface area (Å²) in [6.07, 6.45) is -0.138. The van der Waals surface area contributed by atoms with E-state index < -0.39 is 0 Å². The molecule has 2 atom stereocenters. The van der Waals surface area contributed by atoms with E-state index in [1.54, 1.807) is 12.1 Å². The normalized spacial score (nSPS) is 22.9. The van der Waals surface area contributed by atoms with Gasteiger partial charge in [-0.3, -0.25) is 4.79 Å². The van der Waals surface area contributed by atoms with Crippen LogP contribution in [-0.4, -0.2) is 36.3 Å². The van der Waals surface area contributed by atoms with Gasteiger partial charge in [-0.05, 0) is 31.2 Å². The van der Waals surface area contributed by atoms with Crippen LogP contribution in [0.5, 0.6) is 5.75 Å². The molecule has 5 nitrogen and oxygen atoms in total. The topological polar surface area (TPSA) is 70.6 Å². The number of halogens is 1. The predicted molar refractivity (Wildman–Crippen MR) is 71.2 cm³/mol. The van der Waals surface area contributed by atoms with Crippen LogP contribution in [0.2, 0.25) is 0 Å². The Hall–Kier alpha value is -1.30. The number of rotatable bonds is 2. The lowest BCUT2D eigenvalue weighted by Gasteiger charge is -2.29. The van der Waals surface area contributed by atoms with E-state index in [0.717, 1.165) is 0 Å². The quantitative estimate of drug-likeness (QED) is 0.706. The summed E-state index contributed by atoms with van der Waals surface area (Å²) in [4.78, 5) is 11.9. The Morgan fingerprint density at radius 2 is 2.11 bits per heavy atom. The maximum absolute atomic E-state index is 11.9. The Kier molecular flexibility index (Phi) is 5.40. The molecule has 1 aliphatic rings. The van der Waals surface area contributed by atoms with Gasteiger partial charge in [0.25, 0.3) is 0 Å². The number of phenolic OH excluding ortho intramolecular Hbond substituents is 1. The number of benzene rings is 1. The molecule has 0 saturated carbocycles. The van der Waals surface area contributed by atoms with Gasteiger partial charge in [-0.15, -0.1) is 12.4 Å². The van der Waals surface area contributed by atoms with Crippen LogP contribution in [0.4, 0.5) is 5.69 Å². The number of phenols is 1. The third-order valence-corrected chi connectivity index (χ3v) is 2.73. The van der Waals surface area contributed by atoms with Gasteiger partial charge in [-0.1, -0.05) is 0 Å². The zero-order chi connectivity index (χ0) is 12.3. The van der Waals surface area contributed by atoms with Crippen molar-refractivity contribution in [2.24, 2.45) is 0 Å². The van der Waals surface area contributed by atoms with Gasteiger partial charge in [0, 0.05) is 12.2 Å². The van der Waals surface area contributed by atoms with E-state index in [4.69, 9.17) is 9.84 Å². The Bertz CT molecular complexity index is 397. The molecule has 1 heterocycles. The lowest BCUT2D eigenvalue weighted by atomic mass is 10.1. The summed E-state index contributed by atoms with van der Waals surface area (Å²) < 4.78 is 5.41. The molecule has 0 radical (unpaired) electrons. The van der Waals surface area contributed by atoms with Crippen molar-refractivity contribution in [3.63, 3.8) is 0 Å². The molecule has 1 fully saturated rings. The summed E-state index contributed by atoms with van der Waals surface area (Å²) in [6.45, 7) is 3.18. The Morgan fingerprint density at radius 1 is 1.44 bits per heavy atom. The number of carbonyl (C=O) groups is 1. The van der Waals surface area contributed by atoms with Crippen molar-refractivity contribution in [3.8, 4) is 5.75 Å². The van der Waals surface area contributed by atoms with Gasteiger partial charge in [0.05, 0.1) is 12.7 Å². The molecule has 100 valence electrons. The van der Waals surface area contributed by atoms with Crippen molar-refractivity contribution < 1.29 is 14.6 Å². The van der Waals surface area contributed by atoms with Crippen LogP contribution in [0.15, 0.2) is 24.3 Å². The van der Waals surface area contributed by atoms with E-state index in [2.05, 4.69) is 10.6 Å². The van der Waals surface area contributed by atoms with E-state index in [1.807, 2.05) is 6.92 Å². The second-order valence-electron chi connectivity index (χ2n) is 4.04. The molecule has 3 N–H and O–H groups in total. The maximum Gasteiger partial charge on any atom is 0.244 e. The molecule has 0 aromatic heterocycles. The van der Waals surface area contributed by atoms with Gasteiger partial charge >= 0.3 is 0 Å². The lowest BCUT2D eigenvalue weighted by molar-refractivity contribution is -0.123. The number of morpholine rings is 1. The Morgan fingerprint density at radius 3 is 2.72 bits per heavy atom. The molecule has 1 saturated heterocycles. The highest BCUT2D eigenvalue weighted by Gasteiger charge is 2.28. The molecule has 6 heteroatoms. The highest BCUT2D eigenvalue weighted by atomic mass is 35.5. The van der Waals surface area contributed by atoms with Crippen molar-refractivity contribution in [3.05, 3.63) is 24.3 Å². The molecule has 1 aromatic carbocycles. The first-order valence-corrected chi connectivity index (χ1v) is 5.62. The summed E-state index contributed by atoms with van der Waals surface area (Å²) in [7, 11) is 0. The van der Waals surface area contributed by atoms with Crippen molar-refractivity contribution in [2.45, 2.75) is 19.1 Å². The average molecular weight is 273 g/mol. The number of nitrogens with one attached hydrogen (secondary N) is 2. The number of hydrogen-bond acceptors (Lipinski definition) is 4. The van der Waals surface area contributed by atoms with Crippen LogP contribution in [0.25, 0.3) is 0 Å². The first-order valence-electron chi connectivity index (χ1n) is 5.62. The van der Waals surface area contributed by atoms with Crippen LogP contribution in [-0.2, 0) is 9.53 Å². The molecule has 1 aromatic rings. The molecule has 0 spiro atoms. The molecular formula is C12H17ClN2O3. The molecule has 1 amide bonds. The largest absolute Gasteiger partial charge is 0.508 e. The summed E-state index contributed by atoms with van der Waals surface area (Å²) in [6, 6.07) is 6.04. The fraction of sp³-hybridized carbons (Fsp3) is 0.417. The summed E-state index contributed by atoms with van der Waals surface area (Å²) in [5.41, 5.74) is 0.660. The zero-order valence-electron chi connectivity index (χ0n) is 10.1. The predicted octanol–water partition coefficient (Wildman–Crippen LogP) is 1.13. The third-order valence-electron chi connectivity index (χ3n) is 2.73. The average Bonchev–Trinajstić information content (AvgIpc) is 2.32. The number of anilines is 1. The summed E-state index contributed by atoms with van der Waals surface area (Å²) in [5, 5.41) is 15.0. The van der Waals surface area contributed by atoms with Gasteiger partial charge in [-0.25, -0.2) is 0 Å².